The minimum absolute atomic E-state index is 0.0644. The minimum Gasteiger partial charge on any atom is -0.508 e. The molecule has 0 bridgehead atoms. The van der Waals surface area contributed by atoms with Crippen LogP contribution in [-0.4, -0.2) is 33.4 Å². The lowest BCUT2D eigenvalue weighted by atomic mass is 9.89. The van der Waals surface area contributed by atoms with Crippen molar-refractivity contribution in [2.45, 2.75) is 33.2 Å². The molecule has 1 atom stereocenters. The van der Waals surface area contributed by atoms with Gasteiger partial charge in [-0.3, -0.25) is 24.0 Å². The van der Waals surface area contributed by atoms with E-state index in [1.807, 2.05) is 0 Å². The van der Waals surface area contributed by atoms with Crippen molar-refractivity contribution in [3.63, 3.8) is 0 Å². The molecular formula is C24H23N3O8. The number of aromatic nitrogens is 1. The molecule has 1 unspecified atom stereocenters. The van der Waals surface area contributed by atoms with Crippen molar-refractivity contribution >= 4 is 34.7 Å². The van der Waals surface area contributed by atoms with E-state index < -0.39 is 40.7 Å². The van der Waals surface area contributed by atoms with Crippen LogP contribution in [0.4, 0.5) is 0 Å². The number of primary amides is 2. The van der Waals surface area contributed by atoms with Gasteiger partial charge in [-0.1, -0.05) is 12.1 Å². The van der Waals surface area contributed by atoms with Crippen LogP contribution in [0.5, 0.6) is 17.2 Å². The molecule has 2 aromatic carbocycles. The zero-order valence-electron chi connectivity index (χ0n) is 19.2. The van der Waals surface area contributed by atoms with Crippen molar-refractivity contribution in [1.82, 2.24) is 4.57 Å². The minimum atomic E-state index is -1.29. The molecule has 0 spiro atoms. The molecule has 2 amide bonds. The second-order valence-electron chi connectivity index (χ2n) is 7.63. The predicted molar refractivity (Wildman–Crippen MR) is 124 cm³/mol. The lowest BCUT2D eigenvalue weighted by molar-refractivity contribution is -0.134. The number of rotatable bonds is 7. The molecule has 0 saturated carbocycles. The van der Waals surface area contributed by atoms with E-state index in [4.69, 9.17) is 20.9 Å². The number of hydrogen-bond acceptors (Lipinski definition) is 8. The molecule has 0 aliphatic heterocycles. The molecular weight excluding hydrogens is 458 g/mol. The maximum Gasteiger partial charge on any atom is 0.308 e. The third kappa shape index (κ3) is 4.83. The van der Waals surface area contributed by atoms with Gasteiger partial charge in [0.1, 0.15) is 17.2 Å². The van der Waals surface area contributed by atoms with E-state index in [1.54, 1.807) is 6.92 Å². The van der Waals surface area contributed by atoms with Crippen LogP contribution in [0, 0.1) is 0 Å². The number of carbonyl (C=O) groups excluding carboxylic acids is 4. The van der Waals surface area contributed by atoms with Crippen molar-refractivity contribution in [2.75, 3.05) is 0 Å². The first-order valence-corrected chi connectivity index (χ1v) is 10.5. The highest BCUT2D eigenvalue weighted by Gasteiger charge is 2.32. The van der Waals surface area contributed by atoms with Crippen molar-refractivity contribution < 1.29 is 33.8 Å². The number of nitrogens with two attached hydrogens (primary N) is 2. The average molecular weight is 481 g/mol. The van der Waals surface area contributed by atoms with Gasteiger partial charge in [-0.2, -0.15) is 0 Å². The summed E-state index contributed by atoms with van der Waals surface area (Å²) in [6.45, 7) is 4.10. The van der Waals surface area contributed by atoms with Crippen LogP contribution in [0.2, 0.25) is 0 Å². The second kappa shape index (κ2) is 9.67. The van der Waals surface area contributed by atoms with Gasteiger partial charge in [0.05, 0.1) is 16.6 Å². The van der Waals surface area contributed by atoms with Crippen LogP contribution in [0.15, 0.2) is 41.2 Å². The normalized spacial score (nSPS) is 11.6. The second-order valence-corrected chi connectivity index (χ2v) is 7.63. The highest BCUT2D eigenvalue weighted by Crippen LogP contribution is 2.35. The van der Waals surface area contributed by atoms with Gasteiger partial charge in [-0.15, -0.1) is 0 Å². The summed E-state index contributed by atoms with van der Waals surface area (Å²) in [5.74, 6) is -5.15. The topological polar surface area (TPSA) is 181 Å². The molecule has 11 heteroatoms. The van der Waals surface area contributed by atoms with E-state index in [0.29, 0.717) is 5.56 Å². The zero-order valence-corrected chi connectivity index (χ0v) is 19.2. The molecule has 3 rings (SSSR count). The van der Waals surface area contributed by atoms with E-state index in [9.17, 15) is 29.1 Å². The Morgan fingerprint density at radius 2 is 1.51 bits per heavy atom. The van der Waals surface area contributed by atoms with Gasteiger partial charge >= 0.3 is 11.9 Å². The molecule has 0 saturated heterocycles. The van der Waals surface area contributed by atoms with E-state index >= 15 is 0 Å². The first-order chi connectivity index (χ1) is 16.5. The summed E-state index contributed by atoms with van der Waals surface area (Å²) in [5.41, 5.74) is 10.4. The number of fused-ring (bicyclic) bond motifs is 1. The predicted octanol–water partition coefficient (Wildman–Crippen LogP) is 1.29. The van der Waals surface area contributed by atoms with Gasteiger partial charge in [0, 0.05) is 26.5 Å². The molecule has 1 aromatic heterocycles. The summed E-state index contributed by atoms with van der Waals surface area (Å²) in [6, 6.07) is 7.98. The number of aromatic hydroxyl groups is 1. The van der Waals surface area contributed by atoms with Gasteiger partial charge in [-0.25, -0.2) is 0 Å². The highest BCUT2D eigenvalue weighted by atomic mass is 16.6. The number of phenolic OH excluding ortho intramolecular Hbond substituents is 1. The lowest BCUT2D eigenvalue weighted by Crippen LogP contribution is -2.34. The molecule has 0 aliphatic carbocycles. The Kier molecular flexibility index (Phi) is 6.90. The largest absolute Gasteiger partial charge is 0.508 e. The Morgan fingerprint density at radius 3 is 1.97 bits per heavy atom. The molecule has 5 N–H and O–H groups in total. The first kappa shape index (κ1) is 25.0. The van der Waals surface area contributed by atoms with Crippen molar-refractivity contribution in [2.24, 2.45) is 11.5 Å². The average Bonchev–Trinajstić information content (AvgIpc) is 2.75. The molecule has 0 fully saturated rings. The number of pyridine rings is 1. The number of nitrogens with zero attached hydrogens (tertiary/aromatic N) is 1. The van der Waals surface area contributed by atoms with Crippen LogP contribution in [0.3, 0.4) is 0 Å². The fraction of sp³-hybridized carbons (Fsp3) is 0.208. The lowest BCUT2D eigenvalue weighted by Gasteiger charge is -2.24. The van der Waals surface area contributed by atoms with Gasteiger partial charge in [0.25, 0.3) is 5.91 Å². The van der Waals surface area contributed by atoms with Gasteiger partial charge in [0.2, 0.25) is 11.3 Å². The zero-order chi connectivity index (χ0) is 26.0. The molecule has 11 nitrogen and oxygen atoms in total. The van der Waals surface area contributed by atoms with E-state index in [1.165, 1.54) is 41.0 Å². The number of esters is 2. The SMILES string of the molecule is CCn1c(C(C(N)=O)c2ccc(O)cc2)c(C(N)=O)c(=O)c2cc(OC(C)=O)c(OC(C)=O)cc21. The maximum absolute atomic E-state index is 13.5. The number of benzene rings is 2. The summed E-state index contributed by atoms with van der Waals surface area (Å²) < 4.78 is 11.8. The number of phenols is 1. The summed E-state index contributed by atoms with van der Waals surface area (Å²) in [4.78, 5) is 61.9. The highest BCUT2D eigenvalue weighted by molar-refractivity contribution is 6.01. The molecule has 35 heavy (non-hydrogen) atoms. The molecule has 3 aromatic rings. The number of aryl methyl sites for hydroxylation is 1. The van der Waals surface area contributed by atoms with Crippen LogP contribution in [-0.2, 0) is 20.9 Å². The van der Waals surface area contributed by atoms with Crippen molar-refractivity contribution in [3.8, 4) is 17.2 Å². The summed E-state index contributed by atoms with van der Waals surface area (Å²) in [5, 5.41) is 9.58. The van der Waals surface area contributed by atoms with Crippen LogP contribution >= 0.6 is 0 Å². The number of carbonyl (C=O) groups is 4. The summed E-state index contributed by atoms with van der Waals surface area (Å²) in [6.07, 6.45) is 0. The van der Waals surface area contributed by atoms with Crippen molar-refractivity contribution in [1.29, 1.82) is 0 Å². The Hall–Kier alpha value is -4.67. The molecule has 182 valence electrons. The van der Waals surface area contributed by atoms with Gasteiger partial charge in [-0.05, 0) is 30.7 Å². The Labute approximate surface area is 198 Å². The molecule has 1 heterocycles. The Balaban J connectivity index is 2.51. The summed E-state index contributed by atoms with van der Waals surface area (Å²) >= 11 is 0. The monoisotopic (exact) mass is 481 g/mol. The van der Waals surface area contributed by atoms with E-state index in [-0.39, 0.29) is 40.4 Å². The maximum atomic E-state index is 13.5. The fourth-order valence-electron chi connectivity index (χ4n) is 3.94. The van der Waals surface area contributed by atoms with Crippen LogP contribution in [0.25, 0.3) is 10.9 Å². The molecule has 0 radical (unpaired) electrons. The first-order valence-electron chi connectivity index (χ1n) is 10.5. The standard InChI is InChI=1S/C24H23N3O8/c1-4-27-16-10-18(35-12(3)29)17(34-11(2)28)9-15(16)22(31)20(24(26)33)21(27)19(23(25)32)13-5-7-14(30)8-6-13/h5-10,19,30H,4H2,1-3H3,(H2,25,32)(H2,26,33). The number of ether oxygens (including phenoxy) is 2. The van der Waals surface area contributed by atoms with Crippen LogP contribution in [0.1, 0.15) is 48.3 Å². The number of amides is 2. The van der Waals surface area contributed by atoms with E-state index in [0.717, 1.165) is 13.8 Å². The van der Waals surface area contributed by atoms with Crippen LogP contribution < -0.4 is 26.4 Å². The number of hydrogen-bond donors (Lipinski definition) is 3. The Morgan fingerprint density at radius 1 is 0.971 bits per heavy atom. The molecule has 0 aliphatic rings. The van der Waals surface area contributed by atoms with Crippen molar-refractivity contribution in [3.05, 3.63) is 63.4 Å². The smallest absolute Gasteiger partial charge is 0.308 e. The third-order valence-electron chi connectivity index (χ3n) is 5.23. The van der Waals surface area contributed by atoms with Gasteiger partial charge in [0.15, 0.2) is 11.5 Å². The summed E-state index contributed by atoms with van der Waals surface area (Å²) in [7, 11) is 0. The quantitative estimate of drug-likeness (QED) is 0.333. The third-order valence-corrected chi connectivity index (χ3v) is 5.23. The van der Waals surface area contributed by atoms with E-state index in [2.05, 4.69) is 0 Å². The Bertz CT molecular complexity index is 1420. The van der Waals surface area contributed by atoms with Gasteiger partial charge < -0.3 is 30.6 Å². The fourth-order valence-corrected chi connectivity index (χ4v) is 3.94.